The van der Waals surface area contributed by atoms with E-state index in [0.717, 1.165) is 15.0 Å². The monoisotopic (exact) mass is 307 g/mol. The number of anilines is 1. The zero-order chi connectivity index (χ0) is 14.5. The summed E-state index contributed by atoms with van der Waals surface area (Å²) in [6.07, 6.45) is 1.98. The molecule has 5 nitrogen and oxygen atoms in total. The second-order valence-corrected chi connectivity index (χ2v) is 6.48. The number of thioether (sulfide) groups is 1. The average Bonchev–Trinajstić information content (AvgIpc) is 2.83. The van der Waals surface area contributed by atoms with Crippen molar-refractivity contribution in [2.45, 2.75) is 24.7 Å². The topological polar surface area (TPSA) is 76.2 Å². The smallest absolute Gasteiger partial charge is 0.193 e. The summed E-state index contributed by atoms with van der Waals surface area (Å²) in [5.74, 6) is 0.385. The molecular formula is C13H17N5S2. The highest BCUT2D eigenvalue weighted by Crippen LogP contribution is 2.20. The molecule has 1 aromatic heterocycles. The molecule has 1 aromatic carbocycles. The lowest BCUT2D eigenvalue weighted by Gasteiger charge is -2.07. The van der Waals surface area contributed by atoms with Gasteiger partial charge in [-0.25, -0.2) is 4.99 Å². The summed E-state index contributed by atoms with van der Waals surface area (Å²) in [7, 11) is 0. The van der Waals surface area contributed by atoms with Crippen LogP contribution in [0.25, 0.3) is 0 Å². The minimum absolute atomic E-state index is 0.385. The van der Waals surface area contributed by atoms with E-state index in [1.807, 2.05) is 18.4 Å². The summed E-state index contributed by atoms with van der Waals surface area (Å²) < 4.78 is 0.941. The first-order valence-corrected chi connectivity index (χ1v) is 8.12. The summed E-state index contributed by atoms with van der Waals surface area (Å²) in [6, 6.07) is 6.18. The van der Waals surface area contributed by atoms with Gasteiger partial charge in [-0.15, -0.1) is 10.2 Å². The maximum absolute atomic E-state index is 5.88. The summed E-state index contributed by atoms with van der Waals surface area (Å²) in [5, 5.41) is 12.0. The number of benzene rings is 1. The number of nitrogens with zero attached hydrogens (tertiary/aromatic N) is 3. The Morgan fingerprint density at radius 2 is 2.00 bits per heavy atom. The van der Waals surface area contributed by atoms with Crippen LogP contribution in [0.3, 0.4) is 0 Å². The molecule has 3 N–H and O–H groups in total. The number of aliphatic imine (C=N–C) groups is 1. The number of rotatable bonds is 4. The van der Waals surface area contributed by atoms with Crippen LogP contribution in [0, 0.1) is 13.8 Å². The van der Waals surface area contributed by atoms with E-state index in [9.17, 15) is 0 Å². The lowest BCUT2D eigenvalue weighted by atomic mass is 10.1. The Balaban J connectivity index is 1.99. The molecular weight excluding hydrogens is 290 g/mol. The van der Waals surface area contributed by atoms with Gasteiger partial charge < -0.3 is 11.1 Å². The van der Waals surface area contributed by atoms with E-state index in [-0.39, 0.29) is 0 Å². The minimum Gasteiger partial charge on any atom is -0.370 e. The number of aryl methyl sites for hydroxylation is 2. The van der Waals surface area contributed by atoms with E-state index in [1.165, 1.54) is 22.5 Å². The standard InChI is InChI=1S/C13H17N5S2/c1-8-4-9(2)6-10(5-8)16-12(14)15-7-11-17-18-13(19-3)20-11/h4-6H,7H2,1-3H3,(H3,14,15,16). The van der Waals surface area contributed by atoms with E-state index < -0.39 is 0 Å². The zero-order valence-electron chi connectivity index (χ0n) is 11.7. The molecule has 0 saturated carbocycles. The van der Waals surface area contributed by atoms with Crippen LogP contribution >= 0.6 is 23.1 Å². The number of nitrogens with one attached hydrogen (secondary N) is 1. The Morgan fingerprint density at radius 3 is 2.60 bits per heavy atom. The lowest BCUT2D eigenvalue weighted by molar-refractivity contribution is 0.926. The first-order chi connectivity index (χ1) is 9.56. The molecule has 0 amide bonds. The third-order valence-electron chi connectivity index (χ3n) is 2.50. The van der Waals surface area contributed by atoms with Crippen molar-refractivity contribution >= 4 is 34.7 Å². The van der Waals surface area contributed by atoms with Crippen molar-refractivity contribution in [2.24, 2.45) is 10.7 Å². The highest BCUT2D eigenvalue weighted by Gasteiger charge is 2.03. The highest BCUT2D eigenvalue weighted by molar-refractivity contribution is 8.00. The normalized spacial score (nSPS) is 11.7. The Kier molecular flexibility index (Phi) is 4.97. The van der Waals surface area contributed by atoms with Gasteiger partial charge in [-0.3, -0.25) is 0 Å². The van der Waals surface area contributed by atoms with Gasteiger partial charge in [0.05, 0.1) is 6.54 Å². The van der Waals surface area contributed by atoms with E-state index in [1.54, 1.807) is 11.8 Å². The molecule has 0 radical (unpaired) electrons. The van der Waals surface area contributed by atoms with Crippen LogP contribution in [0.4, 0.5) is 5.69 Å². The van der Waals surface area contributed by atoms with Gasteiger partial charge in [0.15, 0.2) is 10.3 Å². The largest absolute Gasteiger partial charge is 0.370 e. The fraction of sp³-hybridized carbons (Fsp3) is 0.308. The molecule has 0 aliphatic carbocycles. The lowest BCUT2D eigenvalue weighted by Crippen LogP contribution is -2.22. The molecule has 0 bridgehead atoms. The van der Waals surface area contributed by atoms with Crippen molar-refractivity contribution in [1.82, 2.24) is 10.2 Å². The maximum atomic E-state index is 5.88. The molecule has 1 heterocycles. The molecule has 2 rings (SSSR count). The van der Waals surface area contributed by atoms with Crippen molar-refractivity contribution in [3.8, 4) is 0 Å². The molecule has 0 atom stereocenters. The number of aromatic nitrogens is 2. The summed E-state index contributed by atoms with van der Waals surface area (Å²) in [4.78, 5) is 4.28. The summed E-state index contributed by atoms with van der Waals surface area (Å²) in [5.41, 5.74) is 9.21. The maximum Gasteiger partial charge on any atom is 0.193 e. The Hall–Kier alpha value is -1.60. The second kappa shape index (κ2) is 6.71. The molecule has 0 aliphatic rings. The molecule has 0 spiro atoms. The predicted octanol–water partition coefficient (Wildman–Crippen LogP) is 2.80. The van der Waals surface area contributed by atoms with E-state index >= 15 is 0 Å². The Bertz CT molecular complexity index is 601. The van der Waals surface area contributed by atoms with Crippen molar-refractivity contribution in [1.29, 1.82) is 0 Å². The highest BCUT2D eigenvalue weighted by atomic mass is 32.2. The van der Waals surface area contributed by atoms with Crippen LogP contribution < -0.4 is 11.1 Å². The molecule has 20 heavy (non-hydrogen) atoms. The van der Waals surface area contributed by atoms with Crippen LogP contribution in [-0.2, 0) is 6.54 Å². The molecule has 7 heteroatoms. The van der Waals surface area contributed by atoms with Crippen molar-refractivity contribution in [2.75, 3.05) is 11.6 Å². The number of guanidine groups is 1. The van der Waals surface area contributed by atoms with Crippen LogP contribution in [0.5, 0.6) is 0 Å². The SMILES string of the molecule is CSc1nnc(CN=C(N)Nc2cc(C)cc(C)c2)s1. The number of hydrogen-bond acceptors (Lipinski definition) is 5. The summed E-state index contributed by atoms with van der Waals surface area (Å²) in [6.45, 7) is 4.55. The Morgan fingerprint density at radius 1 is 1.30 bits per heavy atom. The van der Waals surface area contributed by atoms with Gasteiger partial charge in [-0.05, 0) is 43.4 Å². The predicted molar refractivity (Wildman–Crippen MR) is 86.6 cm³/mol. The number of nitrogens with two attached hydrogens (primary N) is 1. The molecule has 0 aliphatic heterocycles. The number of hydrogen-bond donors (Lipinski definition) is 2. The van der Waals surface area contributed by atoms with Crippen LogP contribution in [0.2, 0.25) is 0 Å². The van der Waals surface area contributed by atoms with Gasteiger partial charge in [0.2, 0.25) is 0 Å². The van der Waals surface area contributed by atoms with Crippen molar-refractivity contribution in [3.63, 3.8) is 0 Å². The van der Waals surface area contributed by atoms with E-state index in [4.69, 9.17) is 5.73 Å². The Labute approximate surface area is 126 Å². The second-order valence-electron chi connectivity index (χ2n) is 4.37. The van der Waals surface area contributed by atoms with Gasteiger partial charge >= 0.3 is 0 Å². The molecule has 0 fully saturated rings. The van der Waals surface area contributed by atoms with Gasteiger partial charge in [0.1, 0.15) is 5.01 Å². The van der Waals surface area contributed by atoms with Crippen molar-refractivity contribution < 1.29 is 0 Å². The third kappa shape index (κ3) is 4.21. The summed E-state index contributed by atoms with van der Waals surface area (Å²) >= 11 is 3.12. The molecule has 0 unspecified atom stereocenters. The first kappa shape index (κ1) is 14.8. The van der Waals surface area contributed by atoms with Crippen LogP contribution in [0.15, 0.2) is 27.5 Å². The quantitative estimate of drug-likeness (QED) is 0.516. The van der Waals surface area contributed by atoms with Crippen molar-refractivity contribution in [3.05, 3.63) is 34.3 Å². The minimum atomic E-state index is 0.385. The molecule has 2 aromatic rings. The van der Waals surface area contributed by atoms with E-state index in [2.05, 4.69) is 40.4 Å². The average molecular weight is 307 g/mol. The molecule has 0 saturated heterocycles. The van der Waals surface area contributed by atoms with Gasteiger partial charge in [-0.1, -0.05) is 29.2 Å². The first-order valence-electron chi connectivity index (χ1n) is 6.08. The fourth-order valence-electron chi connectivity index (χ4n) is 1.77. The van der Waals surface area contributed by atoms with Gasteiger partial charge in [-0.2, -0.15) is 0 Å². The molecule has 106 valence electrons. The van der Waals surface area contributed by atoms with E-state index in [0.29, 0.717) is 12.5 Å². The van der Waals surface area contributed by atoms with Crippen LogP contribution in [-0.4, -0.2) is 22.4 Å². The zero-order valence-corrected chi connectivity index (χ0v) is 13.3. The van der Waals surface area contributed by atoms with Gasteiger partial charge in [0, 0.05) is 5.69 Å². The fourth-order valence-corrected chi connectivity index (χ4v) is 3.01. The van der Waals surface area contributed by atoms with Gasteiger partial charge in [0.25, 0.3) is 0 Å². The van der Waals surface area contributed by atoms with Crippen LogP contribution in [0.1, 0.15) is 16.1 Å². The third-order valence-corrected chi connectivity index (χ3v) is 4.39.